The van der Waals surface area contributed by atoms with Crippen molar-refractivity contribution in [1.29, 1.82) is 0 Å². The van der Waals surface area contributed by atoms with Crippen LogP contribution < -0.4 is 5.32 Å². The van der Waals surface area contributed by atoms with Crippen molar-refractivity contribution in [2.45, 2.75) is 26.7 Å². The van der Waals surface area contributed by atoms with Crippen LogP contribution in [0.3, 0.4) is 0 Å². The minimum atomic E-state index is -0.489. The van der Waals surface area contributed by atoms with Crippen LogP contribution in [0.2, 0.25) is 0 Å². The van der Waals surface area contributed by atoms with Crippen molar-refractivity contribution in [2.75, 3.05) is 18.5 Å². The summed E-state index contributed by atoms with van der Waals surface area (Å²) in [6.45, 7) is 4.18. The van der Waals surface area contributed by atoms with Crippen molar-refractivity contribution in [3.8, 4) is 0 Å². The summed E-state index contributed by atoms with van der Waals surface area (Å²) in [5.41, 5.74) is 0.340. The lowest BCUT2D eigenvalue weighted by molar-refractivity contribution is 0.0489. The quantitative estimate of drug-likeness (QED) is 0.817. The highest BCUT2D eigenvalue weighted by Crippen LogP contribution is 2.22. The van der Waals surface area contributed by atoms with Gasteiger partial charge in [-0.1, -0.05) is 38.5 Å². The number of para-hydroxylation sites is 1. The normalized spacial score (nSPS) is 13.7. The number of amides is 1. The van der Waals surface area contributed by atoms with Gasteiger partial charge in [0.15, 0.2) is 0 Å². The number of aliphatic hydroxyl groups excluding tert-OH is 1. The van der Waals surface area contributed by atoms with Crippen molar-refractivity contribution >= 4 is 11.8 Å². The molecule has 0 aliphatic rings. The van der Waals surface area contributed by atoms with Crippen LogP contribution in [0.25, 0.3) is 0 Å². The van der Waals surface area contributed by atoms with Crippen molar-refractivity contribution in [2.24, 2.45) is 5.41 Å². The fourth-order valence-corrected chi connectivity index (χ4v) is 1.72. The molecule has 1 atom stereocenters. The van der Waals surface area contributed by atoms with Gasteiger partial charge in [0, 0.05) is 11.1 Å². The number of nitrogens with one attached hydrogen (secondary N) is 1. The fraction of sp³-hybridized carbons (Fsp3) is 0.500. The van der Waals surface area contributed by atoms with E-state index in [1.165, 1.54) is 0 Å². The monoisotopic (exact) mass is 251 g/mol. The van der Waals surface area contributed by atoms with E-state index in [4.69, 9.17) is 4.74 Å². The van der Waals surface area contributed by atoms with E-state index in [-0.39, 0.29) is 18.6 Å². The van der Waals surface area contributed by atoms with Crippen molar-refractivity contribution in [1.82, 2.24) is 0 Å². The number of ether oxygens (including phenoxy) is 1. The van der Waals surface area contributed by atoms with E-state index < -0.39 is 6.09 Å². The molecule has 0 fully saturated rings. The van der Waals surface area contributed by atoms with Gasteiger partial charge in [0.1, 0.15) is 6.61 Å². The lowest BCUT2D eigenvalue weighted by Gasteiger charge is -2.26. The van der Waals surface area contributed by atoms with Gasteiger partial charge in [-0.2, -0.15) is 0 Å². The number of hydrogen-bond donors (Lipinski definition) is 2. The maximum Gasteiger partial charge on any atom is 0.411 e. The van der Waals surface area contributed by atoms with E-state index >= 15 is 0 Å². The Hall–Kier alpha value is -1.55. The topological polar surface area (TPSA) is 58.6 Å². The Morgan fingerprint density at radius 2 is 2.06 bits per heavy atom. The maximum absolute atomic E-state index is 11.6. The molecule has 0 bridgehead atoms. The van der Waals surface area contributed by atoms with Crippen LogP contribution in [0.15, 0.2) is 30.3 Å². The Morgan fingerprint density at radius 1 is 1.39 bits per heavy atom. The van der Waals surface area contributed by atoms with Crippen molar-refractivity contribution in [3.05, 3.63) is 30.3 Å². The van der Waals surface area contributed by atoms with Gasteiger partial charge in [0.2, 0.25) is 0 Å². The first-order valence-corrected chi connectivity index (χ1v) is 6.19. The molecule has 0 aliphatic heterocycles. The molecule has 1 amide bonds. The fourth-order valence-electron chi connectivity index (χ4n) is 1.72. The lowest BCUT2D eigenvalue weighted by Crippen LogP contribution is -2.30. The molecule has 4 nitrogen and oxygen atoms in total. The van der Waals surface area contributed by atoms with Gasteiger partial charge in [-0.05, 0) is 18.6 Å². The van der Waals surface area contributed by atoms with E-state index in [0.29, 0.717) is 5.69 Å². The second kappa shape index (κ2) is 7.01. The molecule has 0 aromatic heterocycles. The Morgan fingerprint density at radius 3 is 2.61 bits per heavy atom. The maximum atomic E-state index is 11.6. The number of hydrogen-bond acceptors (Lipinski definition) is 3. The van der Waals surface area contributed by atoms with Crippen LogP contribution in [0, 0.1) is 5.41 Å². The third-order valence-electron chi connectivity index (χ3n) is 2.81. The third-order valence-corrected chi connectivity index (χ3v) is 2.81. The SMILES string of the molecule is CCCC(C)(CO)COC(=O)Nc1ccccc1. The third kappa shape index (κ3) is 4.75. The zero-order valence-corrected chi connectivity index (χ0v) is 11.0. The molecule has 18 heavy (non-hydrogen) atoms. The van der Waals surface area contributed by atoms with Crippen LogP contribution in [0.4, 0.5) is 10.5 Å². The number of benzene rings is 1. The van der Waals surface area contributed by atoms with Gasteiger partial charge >= 0.3 is 6.09 Å². The lowest BCUT2D eigenvalue weighted by atomic mass is 9.88. The molecule has 0 saturated heterocycles. The van der Waals surface area contributed by atoms with Crippen molar-refractivity contribution in [3.63, 3.8) is 0 Å². The Kier molecular flexibility index (Phi) is 5.65. The number of aliphatic hydroxyl groups is 1. The molecule has 1 aromatic carbocycles. The predicted molar refractivity (Wildman–Crippen MR) is 71.5 cm³/mol. The van der Waals surface area contributed by atoms with E-state index in [0.717, 1.165) is 12.8 Å². The Labute approximate surface area is 108 Å². The molecule has 1 aromatic rings. The van der Waals surface area contributed by atoms with Crippen LogP contribution in [0.5, 0.6) is 0 Å². The molecule has 100 valence electrons. The Bertz CT molecular complexity index is 367. The van der Waals surface area contributed by atoms with E-state index in [9.17, 15) is 9.90 Å². The first kappa shape index (κ1) is 14.5. The highest BCUT2D eigenvalue weighted by molar-refractivity contribution is 5.84. The minimum absolute atomic E-state index is 0.0134. The number of anilines is 1. The largest absolute Gasteiger partial charge is 0.449 e. The van der Waals surface area contributed by atoms with Gasteiger partial charge in [-0.15, -0.1) is 0 Å². The number of carbonyl (C=O) groups excluding carboxylic acids is 1. The summed E-state index contributed by atoms with van der Waals surface area (Å²) < 4.78 is 5.14. The molecule has 0 radical (unpaired) electrons. The van der Waals surface area contributed by atoms with E-state index in [1.54, 1.807) is 12.1 Å². The summed E-state index contributed by atoms with van der Waals surface area (Å²) in [4.78, 5) is 11.6. The molecule has 2 N–H and O–H groups in total. The first-order valence-electron chi connectivity index (χ1n) is 6.19. The van der Waals surface area contributed by atoms with Gasteiger partial charge < -0.3 is 9.84 Å². The summed E-state index contributed by atoms with van der Waals surface area (Å²) in [6, 6.07) is 9.13. The van der Waals surface area contributed by atoms with Gasteiger partial charge in [0.05, 0.1) is 6.61 Å². The molecule has 0 spiro atoms. The second-order valence-corrected chi connectivity index (χ2v) is 4.79. The molecule has 1 unspecified atom stereocenters. The molecule has 4 heteroatoms. The predicted octanol–water partition coefficient (Wildman–Crippen LogP) is 3.03. The van der Waals surface area contributed by atoms with Crippen LogP contribution >= 0.6 is 0 Å². The average molecular weight is 251 g/mol. The molecule has 0 saturated carbocycles. The second-order valence-electron chi connectivity index (χ2n) is 4.79. The standard InChI is InChI=1S/C14H21NO3/c1-3-9-14(2,10-16)11-18-13(17)15-12-7-5-4-6-8-12/h4-8,16H,3,9-11H2,1-2H3,(H,15,17). The van der Waals surface area contributed by atoms with E-state index in [1.807, 2.05) is 32.0 Å². The van der Waals surface area contributed by atoms with Crippen LogP contribution in [-0.4, -0.2) is 24.4 Å². The van der Waals surface area contributed by atoms with Crippen LogP contribution in [0.1, 0.15) is 26.7 Å². The van der Waals surface area contributed by atoms with Gasteiger partial charge in [0.25, 0.3) is 0 Å². The first-order chi connectivity index (χ1) is 8.59. The number of carbonyl (C=O) groups is 1. The molecule has 1 rings (SSSR count). The average Bonchev–Trinajstić information content (AvgIpc) is 2.38. The summed E-state index contributed by atoms with van der Waals surface area (Å²) in [7, 11) is 0. The highest BCUT2D eigenvalue weighted by atomic mass is 16.5. The minimum Gasteiger partial charge on any atom is -0.449 e. The Balaban J connectivity index is 2.41. The zero-order valence-electron chi connectivity index (χ0n) is 11.0. The molecule has 0 aliphatic carbocycles. The van der Waals surface area contributed by atoms with Crippen molar-refractivity contribution < 1.29 is 14.6 Å². The molecule has 0 heterocycles. The van der Waals surface area contributed by atoms with Gasteiger partial charge in [-0.25, -0.2) is 4.79 Å². The zero-order chi connectivity index (χ0) is 13.4. The summed E-state index contributed by atoms with van der Waals surface area (Å²) in [5.74, 6) is 0. The molecular formula is C14H21NO3. The van der Waals surface area contributed by atoms with Crippen LogP contribution in [-0.2, 0) is 4.74 Å². The summed E-state index contributed by atoms with van der Waals surface area (Å²) >= 11 is 0. The highest BCUT2D eigenvalue weighted by Gasteiger charge is 2.24. The molecular weight excluding hydrogens is 230 g/mol. The smallest absolute Gasteiger partial charge is 0.411 e. The summed E-state index contributed by atoms with van der Waals surface area (Å²) in [6.07, 6.45) is 1.28. The van der Waals surface area contributed by atoms with Gasteiger partial charge in [-0.3, -0.25) is 5.32 Å². The summed E-state index contributed by atoms with van der Waals surface area (Å²) in [5, 5.41) is 11.9. The van der Waals surface area contributed by atoms with E-state index in [2.05, 4.69) is 5.32 Å². The number of rotatable bonds is 6.